The summed E-state index contributed by atoms with van der Waals surface area (Å²) >= 11 is 0. The lowest BCUT2D eigenvalue weighted by Crippen LogP contribution is -1.95. The van der Waals surface area contributed by atoms with Gasteiger partial charge >= 0.3 is 0 Å². The second-order valence-corrected chi connectivity index (χ2v) is 3.53. The zero-order valence-electron chi connectivity index (χ0n) is 9.38. The molecule has 0 unspecified atom stereocenters. The summed E-state index contributed by atoms with van der Waals surface area (Å²) in [6.45, 7) is 1.92. The van der Waals surface area contributed by atoms with E-state index in [9.17, 15) is 4.79 Å². The van der Waals surface area contributed by atoms with Crippen LogP contribution >= 0.6 is 0 Å². The van der Waals surface area contributed by atoms with Gasteiger partial charge in [-0.05, 0) is 42.8 Å². The summed E-state index contributed by atoms with van der Waals surface area (Å²) in [5, 5.41) is 2.59. The van der Waals surface area contributed by atoms with Crippen molar-refractivity contribution >= 4 is 12.1 Å². The number of carbonyl (C=O) groups excluding carboxylic acids is 1. The summed E-state index contributed by atoms with van der Waals surface area (Å²) < 4.78 is 5.66. The number of hydrogen-bond acceptors (Lipinski definition) is 3. The number of benzene rings is 1. The first-order valence-corrected chi connectivity index (χ1v) is 5.18. The Kier molecular flexibility index (Phi) is 3.35. The Labute approximate surface area is 99.3 Å². The molecule has 4 heteroatoms. The van der Waals surface area contributed by atoms with Crippen molar-refractivity contribution in [3.05, 3.63) is 48.3 Å². The predicted octanol–water partition coefficient (Wildman–Crippen LogP) is 2.75. The quantitative estimate of drug-likeness (QED) is 0.818. The third kappa shape index (κ3) is 2.81. The zero-order valence-corrected chi connectivity index (χ0v) is 9.38. The van der Waals surface area contributed by atoms with Crippen LogP contribution in [0.25, 0.3) is 0 Å². The van der Waals surface area contributed by atoms with Gasteiger partial charge in [-0.15, -0.1) is 0 Å². The molecule has 1 N–H and O–H groups in total. The van der Waals surface area contributed by atoms with Gasteiger partial charge in [0.05, 0.1) is 6.20 Å². The van der Waals surface area contributed by atoms with Crippen molar-refractivity contribution in [3.8, 4) is 11.5 Å². The van der Waals surface area contributed by atoms with Crippen molar-refractivity contribution < 1.29 is 9.53 Å². The summed E-state index contributed by atoms with van der Waals surface area (Å²) in [4.78, 5) is 14.3. The van der Waals surface area contributed by atoms with Crippen LogP contribution < -0.4 is 10.1 Å². The summed E-state index contributed by atoms with van der Waals surface area (Å²) in [5.74, 6) is 1.43. The molecule has 1 aromatic heterocycles. The summed E-state index contributed by atoms with van der Waals surface area (Å²) in [6, 6.07) is 9.10. The number of nitrogens with zero attached hydrogens (tertiary/aromatic N) is 1. The Bertz CT molecular complexity index is 512. The highest BCUT2D eigenvalue weighted by Gasteiger charge is 2.02. The molecule has 0 atom stereocenters. The maximum Gasteiger partial charge on any atom is 0.211 e. The fraction of sp³-hybridized carbons (Fsp3) is 0.0769. The van der Waals surface area contributed by atoms with Crippen LogP contribution in [0, 0.1) is 6.92 Å². The molecule has 0 saturated carbocycles. The Hall–Kier alpha value is -2.36. The topological polar surface area (TPSA) is 51.2 Å². The molecule has 0 spiro atoms. The predicted molar refractivity (Wildman–Crippen MR) is 65.2 cm³/mol. The number of nitrogens with one attached hydrogen (secondary N) is 1. The smallest absolute Gasteiger partial charge is 0.211 e. The third-order valence-electron chi connectivity index (χ3n) is 2.26. The summed E-state index contributed by atoms with van der Waals surface area (Å²) in [6.07, 6.45) is 3.99. The van der Waals surface area contributed by atoms with Crippen LogP contribution in [-0.4, -0.2) is 11.4 Å². The van der Waals surface area contributed by atoms with E-state index in [0.29, 0.717) is 12.2 Å². The van der Waals surface area contributed by atoms with Crippen molar-refractivity contribution in [2.45, 2.75) is 6.92 Å². The molecule has 0 aliphatic rings. The molecule has 2 aromatic rings. The number of aryl methyl sites for hydroxylation is 1. The fourth-order valence-electron chi connectivity index (χ4n) is 1.46. The molecule has 0 radical (unpaired) electrons. The minimum Gasteiger partial charge on any atom is -0.455 e. The molecule has 0 fully saturated rings. The highest BCUT2D eigenvalue weighted by atomic mass is 16.5. The Morgan fingerprint density at radius 1 is 1.35 bits per heavy atom. The minimum atomic E-state index is 0.649. The maximum atomic E-state index is 10.3. The molecule has 86 valence electrons. The normalized spacial score (nSPS) is 9.71. The Morgan fingerprint density at radius 3 is 2.88 bits per heavy atom. The largest absolute Gasteiger partial charge is 0.455 e. The molecular weight excluding hydrogens is 216 g/mol. The fourth-order valence-corrected chi connectivity index (χ4v) is 1.46. The number of pyridine rings is 1. The van der Waals surface area contributed by atoms with Crippen molar-refractivity contribution in [1.29, 1.82) is 0 Å². The van der Waals surface area contributed by atoms with Gasteiger partial charge in [0.1, 0.15) is 11.5 Å². The number of hydrogen-bond donors (Lipinski definition) is 1. The highest BCUT2D eigenvalue weighted by Crippen LogP contribution is 2.26. The number of ether oxygens (including phenoxy) is 1. The first-order chi connectivity index (χ1) is 8.29. The number of aromatic nitrogens is 1. The van der Waals surface area contributed by atoms with Gasteiger partial charge in [0.15, 0.2) is 0 Å². The van der Waals surface area contributed by atoms with E-state index in [2.05, 4.69) is 10.3 Å². The monoisotopic (exact) mass is 228 g/mol. The lowest BCUT2D eigenvalue weighted by atomic mass is 10.2. The maximum absolute atomic E-state index is 10.3. The van der Waals surface area contributed by atoms with E-state index in [1.165, 1.54) is 0 Å². The standard InChI is InChI=1S/C13H12N2O2/c1-10-7-11(15-9-16)4-5-13(10)17-12-3-2-6-14-8-12/h2-9H,1H3,(H,15,16). The second kappa shape index (κ2) is 5.12. The van der Waals surface area contributed by atoms with Gasteiger partial charge in [-0.25, -0.2) is 0 Å². The molecule has 1 heterocycles. The SMILES string of the molecule is Cc1cc(NC=O)ccc1Oc1cccnc1. The molecule has 0 aliphatic heterocycles. The van der Waals surface area contributed by atoms with E-state index in [0.717, 1.165) is 17.0 Å². The van der Waals surface area contributed by atoms with E-state index < -0.39 is 0 Å². The molecule has 1 aromatic carbocycles. The van der Waals surface area contributed by atoms with E-state index >= 15 is 0 Å². The first kappa shape index (κ1) is 11.1. The van der Waals surface area contributed by atoms with E-state index in [1.54, 1.807) is 18.5 Å². The molecule has 2 rings (SSSR count). The lowest BCUT2D eigenvalue weighted by Gasteiger charge is -2.09. The van der Waals surface area contributed by atoms with Gasteiger partial charge in [0.2, 0.25) is 6.41 Å². The van der Waals surface area contributed by atoms with Crippen molar-refractivity contribution in [2.75, 3.05) is 5.32 Å². The molecule has 1 amide bonds. The molecular formula is C13H12N2O2. The van der Waals surface area contributed by atoms with Crippen molar-refractivity contribution in [2.24, 2.45) is 0 Å². The number of rotatable bonds is 4. The van der Waals surface area contributed by atoms with Gasteiger partial charge in [-0.3, -0.25) is 9.78 Å². The summed E-state index contributed by atoms with van der Waals surface area (Å²) in [5.41, 5.74) is 1.69. The number of carbonyl (C=O) groups is 1. The average Bonchev–Trinajstić information content (AvgIpc) is 2.34. The third-order valence-corrected chi connectivity index (χ3v) is 2.26. The summed E-state index contributed by atoms with van der Waals surface area (Å²) in [7, 11) is 0. The Morgan fingerprint density at radius 2 is 2.24 bits per heavy atom. The highest BCUT2D eigenvalue weighted by molar-refractivity contribution is 5.72. The van der Waals surface area contributed by atoms with Crippen LogP contribution in [0.1, 0.15) is 5.56 Å². The molecule has 0 aliphatic carbocycles. The molecule has 0 saturated heterocycles. The Balaban J connectivity index is 2.19. The van der Waals surface area contributed by atoms with Crippen LogP contribution in [0.5, 0.6) is 11.5 Å². The number of amides is 1. The van der Waals surface area contributed by atoms with Crippen LogP contribution in [0.2, 0.25) is 0 Å². The average molecular weight is 228 g/mol. The zero-order chi connectivity index (χ0) is 12.1. The van der Waals surface area contributed by atoms with E-state index in [1.807, 2.05) is 31.2 Å². The van der Waals surface area contributed by atoms with Gasteiger partial charge in [0, 0.05) is 11.9 Å². The van der Waals surface area contributed by atoms with Crippen molar-refractivity contribution in [1.82, 2.24) is 4.98 Å². The van der Waals surface area contributed by atoms with Crippen LogP contribution in [-0.2, 0) is 4.79 Å². The van der Waals surface area contributed by atoms with Crippen LogP contribution in [0.3, 0.4) is 0 Å². The van der Waals surface area contributed by atoms with Crippen LogP contribution in [0.15, 0.2) is 42.7 Å². The van der Waals surface area contributed by atoms with E-state index in [-0.39, 0.29) is 0 Å². The van der Waals surface area contributed by atoms with Crippen molar-refractivity contribution in [3.63, 3.8) is 0 Å². The van der Waals surface area contributed by atoms with Gasteiger partial charge in [-0.2, -0.15) is 0 Å². The molecule has 0 bridgehead atoms. The lowest BCUT2D eigenvalue weighted by molar-refractivity contribution is -0.105. The van der Waals surface area contributed by atoms with Gasteiger partial charge < -0.3 is 10.1 Å². The molecule has 17 heavy (non-hydrogen) atoms. The van der Waals surface area contributed by atoms with Crippen LogP contribution in [0.4, 0.5) is 5.69 Å². The molecule has 4 nitrogen and oxygen atoms in total. The minimum absolute atomic E-state index is 0.649. The second-order valence-electron chi connectivity index (χ2n) is 3.53. The first-order valence-electron chi connectivity index (χ1n) is 5.18. The number of anilines is 1. The van der Waals surface area contributed by atoms with E-state index in [4.69, 9.17) is 4.74 Å². The van der Waals surface area contributed by atoms with Gasteiger partial charge in [0.25, 0.3) is 0 Å². The van der Waals surface area contributed by atoms with Gasteiger partial charge in [-0.1, -0.05) is 0 Å².